The molecule has 0 atom stereocenters. The number of hydrogen-bond acceptors (Lipinski definition) is 4. The van der Waals surface area contributed by atoms with Crippen LogP contribution in [0.25, 0.3) is 0 Å². The van der Waals surface area contributed by atoms with Crippen molar-refractivity contribution in [2.24, 2.45) is 11.3 Å². The molecule has 4 rings (SSSR count). The maximum atomic E-state index is 12.3. The van der Waals surface area contributed by atoms with Crippen LogP contribution in [-0.4, -0.2) is 43.3 Å². The van der Waals surface area contributed by atoms with Crippen LogP contribution >= 0.6 is 0 Å². The quantitative estimate of drug-likeness (QED) is 0.814. The van der Waals surface area contributed by atoms with Crippen LogP contribution in [-0.2, 0) is 16.1 Å². The fourth-order valence-corrected chi connectivity index (χ4v) is 4.39. The number of Topliss-reactive ketones (excluding diaryl/α,β-unsaturated/α-hetero) is 1. The monoisotopic (exact) mass is 356 g/mol. The number of carbonyl (C=O) groups is 2. The Bertz CT molecular complexity index is 718. The van der Waals surface area contributed by atoms with E-state index in [1.807, 2.05) is 6.07 Å². The number of amides is 1. The highest BCUT2D eigenvalue weighted by Gasteiger charge is 2.42. The number of ether oxygens (including phenoxy) is 1. The van der Waals surface area contributed by atoms with Gasteiger partial charge in [0.15, 0.2) is 6.61 Å². The van der Waals surface area contributed by atoms with Crippen LogP contribution in [0.15, 0.2) is 18.2 Å². The van der Waals surface area contributed by atoms with Gasteiger partial charge in [-0.05, 0) is 62.9 Å². The van der Waals surface area contributed by atoms with Crippen molar-refractivity contribution in [2.75, 3.05) is 31.6 Å². The van der Waals surface area contributed by atoms with Gasteiger partial charge in [-0.15, -0.1) is 0 Å². The van der Waals surface area contributed by atoms with Crippen LogP contribution in [0.5, 0.6) is 5.75 Å². The number of benzene rings is 1. The third kappa shape index (κ3) is 3.37. The van der Waals surface area contributed by atoms with E-state index in [0.29, 0.717) is 5.78 Å². The standard InChI is InChI=1S/C21H28N2O3/c1-15(24)21(12-16-3-4-16)7-9-23(10-8-21)13-17-5-6-19-18(11-17)22(2)20(25)14-26-19/h5-6,11,16H,3-4,7-10,12-14H2,1-2H3. The molecule has 5 nitrogen and oxygen atoms in total. The molecule has 1 saturated carbocycles. The number of anilines is 1. The van der Waals surface area contributed by atoms with E-state index in [1.165, 1.54) is 18.4 Å². The number of nitrogens with zero attached hydrogens (tertiary/aromatic N) is 2. The molecule has 1 aliphatic carbocycles. The third-order valence-corrected chi connectivity index (χ3v) is 6.45. The Kier molecular flexibility index (Phi) is 4.51. The van der Waals surface area contributed by atoms with Crippen LogP contribution in [0.3, 0.4) is 0 Å². The lowest BCUT2D eigenvalue weighted by molar-refractivity contribution is -0.130. The van der Waals surface area contributed by atoms with Gasteiger partial charge in [-0.2, -0.15) is 0 Å². The van der Waals surface area contributed by atoms with E-state index >= 15 is 0 Å². The first-order valence-corrected chi connectivity index (χ1v) is 9.72. The summed E-state index contributed by atoms with van der Waals surface area (Å²) in [5, 5.41) is 0. The molecule has 0 spiro atoms. The van der Waals surface area contributed by atoms with Crippen LogP contribution in [0, 0.1) is 11.3 Å². The third-order valence-electron chi connectivity index (χ3n) is 6.45. The zero-order chi connectivity index (χ0) is 18.3. The number of rotatable bonds is 5. The van der Waals surface area contributed by atoms with Crippen molar-refractivity contribution in [1.82, 2.24) is 4.90 Å². The number of ketones is 1. The summed E-state index contributed by atoms with van der Waals surface area (Å²) in [7, 11) is 1.80. The van der Waals surface area contributed by atoms with E-state index in [0.717, 1.165) is 56.3 Å². The summed E-state index contributed by atoms with van der Waals surface area (Å²) in [6.07, 6.45) is 5.67. The molecule has 1 amide bonds. The summed E-state index contributed by atoms with van der Waals surface area (Å²) < 4.78 is 5.51. The Morgan fingerprint density at radius 2 is 2.00 bits per heavy atom. The predicted molar refractivity (Wildman–Crippen MR) is 100 cm³/mol. The summed E-state index contributed by atoms with van der Waals surface area (Å²) in [4.78, 5) is 28.3. The lowest BCUT2D eigenvalue weighted by Crippen LogP contribution is -2.43. The summed E-state index contributed by atoms with van der Waals surface area (Å²) >= 11 is 0. The first-order chi connectivity index (χ1) is 12.5. The van der Waals surface area contributed by atoms with Gasteiger partial charge in [-0.3, -0.25) is 14.5 Å². The van der Waals surface area contributed by atoms with Crippen LogP contribution in [0.1, 0.15) is 44.6 Å². The highest BCUT2D eigenvalue weighted by Crippen LogP contribution is 2.46. The minimum absolute atomic E-state index is 0.0149. The molecule has 3 aliphatic rings. The minimum atomic E-state index is -0.0754. The number of piperidine rings is 1. The number of likely N-dealkylation sites (tertiary alicyclic amines) is 1. The van der Waals surface area contributed by atoms with E-state index < -0.39 is 0 Å². The molecule has 5 heteroatoms. The highest BCUT2D eigenvalue weighted by molar-refractivity contribution is 5.97. The molecule has 0 aromatic heterocycles. The van der Waals surface area contributed by atoms with Crippen LogP contribution in [0.4, 0.5) is 5.69 Å². The zero-order valence-electron chi connectivity index (χ0n) is 15.8. The van der Waals surface area contributed by atoms with Gasteiger partial charge < -0.3 is 9.64 Å². The summed E-state index contributed by atoms with van der Waals surface area (Å²) in [6.45, 7) is 4.69. The second-order valence-corrected chi connectivity index (χ2v) is 8.30. The van der Waals surface area contributed by atoms with Gasteiger partial charge >= 0.3 is 0 Å². The molecule has 1 aromatic carbocycles. The lowest BCUT2D eigenvalue weighted by Gasteiger charge is -2.40. The summed E-state index contributed by atoms with van der Waals surface area (Å²) in [5.74, 6) is 1.93. The molecule has 2 aliphatic heterocycles. The Labute approximate surface area is 155 Å². The fourth-order valence-electron chi connectivity index (χ4n) is 4.39. The molecular weight excluding hydrogens is 328 g/mol. The van der Waals surface area contributed by atoms with Crippen molar-refractivity contribution < 1.29 is 14.3 Å². The van der Waals surface area contributed by atoms with Gasteiger partial charge in [-0.1, -0.05) is 18.9 Å². The smallest absolute Gasteiger partial charge is 0.264 e. The molecule has 0 N–H and O–H groups in total. The van der Waals surface area contributed by atoms with E-state index in [2.05, 4.69) is 17.0 Å². The van der Waals surface area contributed by atoms with Crippen LogP contribution in [0.2, 0.25) is 0 Å². The van der Waals surface area contributed by atoms with Crippen molar-refractivity contribution in [3.63, 3.8) is 0 Å². The van der Waals surface area contributed by atoms with E-state index in [-0.39, 0.29) is 17.9 Å². The van der Waals surface area contributed by atoms with E-state index in [1.54, 1.807) is 18.9 Å². The van der Waals surface area contributed by atoms with Gasteiger partial charge in [0.2, 0.25) is 0 Å². The highest BCUT2D eigenvalue weighted by atomic mass is 16.5. The lowest BCUT2D eigenvalue weighted by atomic mass is 9.71. The van der Waals surface area contributed by atoms with Gasteiger partial charge in [0.05, 0.1) is 5.69 Å². The molecular formula is C21H28N2O3. The number of likely N-dealkylation sites (N-methyl/N-ethyl adjacent to an activating group) is 1. The van der Waals surface area contributed by atoms with E-state index in [4.69, 9.17) is 4.74 Å². The Morgan fingerprint density at radius 1 is 1.27 bits per heavy atom. The molecule has 26 heavy (non-hydrogen) atoms. The normalized spacial score (nSPS) is 22.7. The van der Waals surface area contributed by atoms with Crippen molar-refractivity contribution in [3.8, 4) is 5.75 Å². The minimum Gasteiger partial charge on any atom is -0.482 e. The van der Waals surface area contributed by atoms with Crippen molar-refractivity contribution in [2.45, 2.75) is 45.6 Å². The molecule has 140 valence electrons. The Hall–Kier alpha value is -1.88. The molecule has 2 fully saturated rings. The molecule has 0 unspecified atom stereocenters. The second kappa shape index (κ2) is 6.69. The maximum absolute atomic E-state index is 12.3. The van der Waals surface area contributed by atoms with E-state index in [9.17, 15) is 9.59 Å². The molecule has 2 heterocycles. The Morgan fingerprint density at radius 3 is 2.65 bits per heavy atom. The first kappa shape index (κ1) is 17.5. The largest absolute Gasteiger partial charge is 0.482 e. The average Bonchev–Trinajstić information content (AvgIpc) is 3.44. The average molecular weight is 356 g/mol. The topological polar surface area (TPSA) is 49.9 Å². The van der Waals surface area contributed by atoms with Crippen LogP contribution < -0.4 is 9.64 Å². The molecule has 0 bridgehead atoms. The van der Waals surface area contributed by atoms with Gasteiger partial charge in [0.25, 0.3) is 5.91 Å². The van der Waals surface area contributed by atoms with Gasteiger partial charge in [0, 0.05) is 19.0 Å². The molecule has 0 radical (unpaired) electrons. The molecule has 1 aromatic rings. The number of fused-ring (bicyclic) bond motifs is 1. The van der Waals surface area contributed by atoms with Gasteiger partial charge in [-0.25, -0.2) is 0 Å². The van der Waals surface area contributed by atoms with Crippen molar-refractivity contribution in [1.29, 1.82) is 0 Å². The first-order valence-electron chi connectivity index (χ1n) is 9.72. The Balaban J connectivity index is 1.41. The number of hydrogen-bond donors (Lipinski definition) is 0. The molecule has 1 saturated heterocycles. The predicted octanol–water partition coefficient (Wildman–Crippen LogP) is 3.01. The maximum Gasteiger partial charge on any atom is 0.264 e. The summed E-state index contributed by atoms with van der Waals surface area (Å²) in [5.41, 5.74) is 1.96. The second-order valence-electron chi connectivity index (χ2n) is 8.30. The van der Waals surface area contributed by atoms with Crippen molar-refractivity contribution in [3.05, 3.63) is 23.8 Å². The zero-order valence-corrected chi connectivity index (χ0v) is 15.8. The fraction of sp³-hybridized carbons (Fsp3) is 0.619. The summed E-state index contributed by atoms with van der Waals surface area (Å²) in [6, 6.07) is 6.10. The SMILES string of the molecule is CC(=O)C1(CC2CC2)CCN(Cc2ccc3c(c2)N(C)C(=O)CO3)CC1. The van der Waals surface area contributed by atoms with Gasteiger partial charge in [0.1, 0.15) is 11.5 Å². The van der Waals surface area contributed by atoms with Crippen molar-refractivity contribution >= 4 is 17.4 Å². The number of carbonyl (C=O) groups excluding carboxylic acids is 2.